The molecule has 0 amide bonds. The van der Waals surface area contributed by atoms with Crippen LogP contribution in [-0.2, 0) is 0 Å². The van der Waals surface area contributed by atoms with E-state index in [4.69, 9.17) is 9.84 Å². The van der Waals surface area contributed by atoms with Gasteiger partial charge in [0, 0.05) is 0 Å². The second kappa shape index (κ2) is 4.01. The molecule has 0 saturated heterocycles. The van der Waals surface area contributed by atoms with E-state index in [0.29, 0.717) is 12.5 Å². The monoisotopic (exact) mass is 191 g/mol. The summed E-state index contributed by atoms with van der Waals surface area (Å²) < 4.78 is 5.37. The van der Waals surface area contributed by atoms with E-state index in [1.165, 1.54) is 25.0 Å². The van der Waals surface area contributed by atoms with Crippen LogP contribution < -0.4 is 4.74 Å². The Kier molecular flexibility index (Phi) is 2.73. The van der Waals surface area contributed by atoms with Crippen molar-refractivity contribution in [1.29, 1.82) is 0 Å². The minimum Gasteiger partial charge on any atom is -0.494 e. The van der Waals surface area contributed by atoms with Crippen LogP contribution in [0.4, 0.5) is 0 Å². The predicted molar refractivity (Wildman–Crippen MR) is 54.9 cm³/mol. The average molecular weight is 191 g/mol. The highest BCUT2D eigenvalue weighted by Crippen LogP contribution is 2.42. The van der Waals surface area contributed by atoms with Crippen molar-refractivity contribution in [2.24, 2.45) is 0 Å². The van der Waals surface area contributed by atoms with E-state index in [9.17, 15) is 0 Å². The standard InChI is InChI=1S/C12H15O2/c1-2-14-11-5-6-12(9-3-4-9)10(7-11)8-13/h5-9,13H,2-4H2,1H3. The zero-order valence-electron chi connectivity index (χ0n) is 8.36. The fraction of sp³-hybridized carbons (Fsp3) is 0.417. The van der Waals surface area contributed by atoms with Gasteiger partial charge < -0.3 is 9.84 Å². The maximum atomic E-state index is 9.11. The molecule has 0 aromatic heterocycles. The minimum atomic E-state index is 0.657. The minimum absolute atomic E-state index is 0.657. The Morgan fingerprint density at radius 1 is 1.50 bits per heavy atom. The fourth-order valence-corrected chi connectivity index (χ4v) is 1.69. The molecule has 0 spiro atoms. The largest absolute Gasteiger partial charge is 0.494 e. The molecule has 1 aliphatic carbocycles. The molecule has 0 unspecified atom stereocenters. The van der Waals surface area contributed by atoms with Crippen LogP contribution >= 0.6 is 0 Å². The Labute approximate surface area is 84.5 Å². The Morgan fingerprint density at radius 3 is 2.86 bits per heavy atom. The van der Waals surface area contributed by atoms with E-state index in [2.05, 4.69) is 6.07 Å². The van der Waals surface area contributed by atoms with Crippen molar-refractivity contribution in [3.63, 3.8) is 0 Å². The van der Waals surface area contributed by atoms with E-state index in [1.807, 2.05) is 19.1 Å². The van der Waals surface area contributed by atoms with Crippen LogP contribution in [0.15, 0.2) is 18.2 Å². The lowest BCUT2D eigenvalue weighted by Gasteiger charge is -2.09. The van der Waals surface area contributed by atoms with Gasteiger partial charge in [0.1, 0.15) is 12.4 Å². The quantitative estimate of drug-likeness (QED) is 0.793. The lowest BCUT2D eigenvalue weighted by Crippen LogP contribution is -1.95. The van der Waals surface area contributed by atoms with Gasteiger partial charge in [-0.3, -0.25) is 0 Å². The van der Waals surface area contributed by atoms with Crippen molar-refractivity contribution in [2.75, 3.05) is 6.61 Å². The SMILES string of the molecule is CCOc1ccc(C2CC2)c([CH]O)c1. The number of rotatable bonds is 4. The van der Waals surface area contributed by atoms with Crippen molar-refractivity contribution in [2.45, 2.75) is 25.7 Å². The van der Waals surface area contributed by atoms with Crippen LogP contribution in [0.5, 0.6) is 5.75 Å². The Bertz CT molecular complexity index is 316. The van der Waals surface area contributed by atoms with E-state index >= 15 is 0 Å². The van der Waals surface area contributed by atoms with Gasteiger partial charge in [0.2, 0.25) is 0 Å². The van der Waals surface area contributed by atoms with Crippen LogP contribution in [0.25, 0.3) is 0 Å². The number of aliphatic hydroxyl groups excluding tert-OH is 1. The van der Waals surface area contributed by atoms with Gasteiger partial charge in [-0.2, -0.15) is 0 Å². The first-order valence-corrected chi connectivity index (χ1v) is 5.09. The number of hydrogen-bond acceptors (Lipinski definition) is 2. The molecule has 1 aliphatic rings. The smallest absolute Gasteiger partial charge is 0.119 e. The van der Waals surface area contributed by atoms with Gasteiger partial charge >= 0.3 is 0 Å². The second-order valence-corrected chi connectivity index (χ2v) is 3.63. The predicted octanol–water partition coefficient (Wildman–Crippen LogP) is 2.85. The van der Waals surface area contributed by atoms with Crippen LogP contribution in [0.1, 0.15) is 36.8 Å². The maximum Gasteiger partial charge on any atom is 0.119 e. The highest BCUT2D eigenvalue weighted by Gasteiger charge is 2.25. The summed E-state index contributed by atoms with van der Waals surface area (Å²) >= 11 is 0. The topological polar surface area (TPSA) is 29.5 Å². The molecule has 14 heavy (non-hydrogen) atoms. The van der Waals surface area contributed by atoms with Crippen molar-refractivity contribution >= 4 is 0 Å². The molecule has 0 aliphatic heterocycles. The maximum absolute atomic E-state index is 9.11. The molecule has 0 bridgehead atoms. The second-order valence-electron chi connectivity index (χ2n) is 3.63. The highest BCUT2D eigenvalue weighted by atomic mass is 16.5. The summed E-state index contributed by atoms with van der Waals surface area (Å²) in [4.78, 5) is 0. The third kappa shape index (κ3) is 1.90. The first kappa shape index (κ1) is 9.53. The molecule has 2 nitrogen and oxygen atoms in total. The Morgan fingerprint density at radius 2 is 2.29 bits per heavy atom. The number of aliphatic hydroxyl groups is 1. The average Bonchev–Trinajstić information content (AvgIpc) is 3.02. The van der Waals surface area contributed by atoms with Gasteiger partial charge in [0.15, 0.2) is 0 Å². The Hall–Kier alpha value is -1.02. The number of hydrogen-bond donors (Lipinski definition) is 1. The molecular weight excluding hydrogens is 176 g/mol. The van der Waals surface area contributed by atoms with Gasteiger partial charge in [-0.25, -0.2) is 0 Å². The van der Waals surface area contributed by atoms with Crippen LogP contribution in [0, 0.1) is 6.61 Å². The molecule has 0 heterocycles. The molecule has 0 atom stereocenters. The van der Waals surface area contributed by atoms with E-state index in [1.54, 1.807) is 0 Å². The van der Waals surface area contributed by atoms with E-state index < -0.39 is 0 Å². The Balaban J connectivity index is 2.24. The van der Waals surface area contributed by atoms with Crippen molar-refractivity contribution in [3.05, 3.63) is 35.9 Å². The molecule has 2 heteroatoms. The lowest BCUT2D eigenvalue weighted by atomic mass is 10.0. The first-order chi connectivity index (χ1) is 6.85. The lowest BCUT2D eigenvalue weighted by molar-refractivity contribution is 0.339. The summed E-state index contributed by atoms with van der Waals surface area (Å²) in [5, 5.41) is 9.11. The van der Waals surface area contributed by atoms with Crippen molar-refractivity contribution in [1.82, 2.24) is 0 Å². The van der Waals surface area contributed by atoms with Crippen LogP contribution in [0.2, 0.25) is 0 Å². The summed E-state index contributed by atoms with van der Waals surface area (Å²) in [6.45, 7) is 3.79. The van der Waals surface area contributed by atoms with Gasteiger partial charge in [0.25, 0.3) is 0 Å². The fourth-order valence-electron chi connectivity index (χ4n) is 1.69. The molecule has 1 saturated carbocycles. The molecule has 2 rings (SSSR count). The molecule has 1 fully saturated rings. The van der Waals surface area contributed by atoms with Gasteiger partial charge in [-0.05, 0) is 48.9 Å². The normalized spacial score (nSPS) is 15.6. The third-order valence-electron chi connectivity index (χ3n) is 2.53. The zero-order chi connectivity index (χ0) is 9.97. The van der Waals surface area contributed by atoms with Gasteiger partial charge in [-0.1, -0.05) is 6.07 Å². The van der Waals surface area contributed by atoms with Gasteiger partial charge in [0.05, 0.1) is 6.61 Å². The number of benzene rings is 1. The molecule has 1 N–H and O–H groups in total. The summed E-state index contributed by atoms with van der Waals surface area (Å²) in [5.74, 6) is 1.49. The van der Waals surface area contributed by atoms with Crippen molar-refractivity contribution < 1.29 is 9.84 Å². The van der Waals surface area contributed by atoms with Crippen molar-refractivity contribution in [3.8, 4) is 5.75 Å². The van der Waals surface area contributed by atoms with Crippen LogP contribution in [0.3, 0.4) is 0 Å². The van der Waals surface area contributed by atoms with Gasteiger partial charge in [-0.15, -0.1) is 0 Å². The summed E-state index contributed by atoms with van der Waals surface area (Å²) in [7, 11) is 0. The van der Waals surface area contributed by atoms with E-state index in [-0.39, 0.29) is 0 Å². The molecular formula is C12H15O2. The van der Waals surface area contributed by atoms with Crippen LogP contribution in [-0.4, -0.2) is 11.7 Å². The molecule has 1 aromatic rings. The summed E-state index contributed by atoms with van der Waals surface area (Å²) in [6, 6.07) is 5.94. The zero-order valence-corrected chi connectivity index (χ0v) is 8.36. The molecule has 1 radical (unpaired) electrons. The number of ether oxygens (including phenoxy) is 1. The molecule has 75 valence electrons. The van der Waals surface area contributed by atoms with E-state index in [0.717, 1.165) is 11.3 Å². The summed E-state index contributed by atoms with van der Waals surface area (Å²) in [6.07, 6.45) is 2.49. The first-order valence-electron chi connectivity index (χ1n) is 5.09. The third-order valence-corrected chi connectivity index (χ3v) is 2.53. The summed E-state index contributed by atoms with van der Waals surface area (Å²) in [5.41, 5.74) is 2.15. The molecule has 1 aromatic carbocycles. The highest BCUT2D eigenvalue weighted by molar-refractivity contribution is 5.42.